The van der Waals surface area contributed by atoms with Crippen molar-refractivity contribution in [1.29, 1.82) is 0 Å². The highest BCUT2D eigenvalue weighted by Gasteiger charge is 2.32. The van der Waals surface area contributed by atoms with Gasteiger partial charge in [0, 0.05) is 10.6 Å². The zero-order valence-corrected chi connectivity index (χ0v) is 11.4. The van der Waals surface area contributed by atoms with Crippen LogP contribution in [0.1, 0.15) is 20.3 Å². The summed E-state index contributed by atoms with van der Waals surface area (Å²) in [4.78, 5) is 12.0. The highest BCUT2D eigenvalue weighted by molar-refractivity contribution is 7.99. The Kier molecular flexibility index (Phi) is 5.62. The van der Waals surface area contributed by atoms with Crippen LogP contribution in [0.5, 0.6) is 0 Å². The lowest BCUT2D eigenvalue weighted by atomic mass is 10.1. The SMILES string of the molecule is CCCNC(C)(CSc1cccc(F)c1)C(=O)O. The number of nitrogens with one attached hydrogen (secondary N) is 1. The fourth-order valence-corrected chi connectivity index (χ4v) is 2.43. The molecule has 0 spiro atoms. The third-order valence-electron chi connectivity index (χ3n) is 2.56. The first kappa shape index (κ1) is 15.0. The molecule has 0 aromatic heterocycles. The summed E-state index contributed by atoms with van der Waals surface area (Å²) in [5.74, 6) is -0.843. The van der Waals surface area contributed by atoms with E-state index in [9.17, 15) is 14.3 Å². The summed E-state index contributed by atoms with van der Waals surface area (Å²) in [6.45, 7) is 4.28. The van der Waals surface area contributed by atoms with Crippen LogP contribution >= 0.6 is 11.8 Å². The second kappa shape index (κ2) is 6.75. The minimum absolute atomic E-state index is 0.307. The van der Waals surface area contributed by atoms with Crippen molar-refractivity contribution < 1.29 is 14.3 Å². The van der Waals surface area contributed by atoms with Gasteiger partial charge < -0.3 is 10.4 Å². The maximum atomic E-state index is 13.0. The molecule has 1 rings (SSSR count). The number of aliphatic carboxylic acids is 1. The lowest BCUT2D eigenvalue weighted by Gasteiger charge is -2.25. The van der Waals surface area contributed by atoms with Crippen molar-refractivity contribution in [3.63, 3.8) is 0 Å². The summed E-state index contributed by atoms with van der Waals surface area (Å²) in [5.41, 5.74) is -0.993. The molecule has 0 aliphatic heterocycles. The molecule has 0 saturated heterocycles. The van der Waals surface area contributed by atoms with Gasteiger partial charge in [-0.15, -0.1) is 11.8 Å². The van der Waals surface area contributed by atoms with E-state index in [1.54, 1.807) is 19.1 Å². The third-order valence-corrected chi connectivity index (χ3v) is 3.87. The molecule has 1 unspecified atom stereocenters. The van der Waals surface area contributed by atoms with Crippen molar-refractivity contribution in [2.75, 3.05) is 12.3 Å². The minimum Gasteiger partial charge on any atom is -0.480 e. The Morgan fingerprint density at radius 3 is 2.83 bits per heavy atom. The minimum atomic E-state index is -0.993. The number of carboxylic acids is 1. The van der Waals surface area contributed by atoms with E-state index in [0.717, 1.165) is 11.3 Å². The zero-order chi connectivity index (χ0) is 13.6. The number of rotatable bonds is 7. The van der Waals surface area contributed by atoms with Gasteiger partial charge in [-0.1, -0.05) is 13.0 Å². The van der Waals surface area contributed by atoms with Crippen molar-refractivity contribution in [2.24, 2.45) is 0 Å². The predicted molar refractivity (Wildman–Crippen MR) is 71.5 cm³/mol. The molecule has 0 saturated carbocycles. The van der Waals surface area contributed by atoms with Crippen LogP contribution in [-0.2, 0) is 4.79 Å². The van der Waals surface area contributed by atoms with Crippen LogP contribution < -0.4 is 5.32 Å². The maximum absolute atomic E-state index is 13.0. The van der Waals surface area contributed by atoms with Crippen molar-refractivity contribution in [1.82, 2.24) is 5.32 Å². The first-order valence-electron chi connectivity index (χ1n) is 5.85. The van der Waals surface area contributed by atoms with Crippen molar-refractivity contribution in [3.05, 3.63) is 30.1 Å². The van der Waals surface area contributed by atoms with Gasteiger partial charge in [-0.2, -0.15) is 0 Å². The smallest absolute Gasteiger partial charge is 0.324 e. The van der Waals surface area contributed by atoms with Crippen LogP contribution in [-0.4, -0.2) is 28.9 Å². The number of carboxylic acid groups (broad SMARTS) is 1. The van der Waals surface area contributed by atoms with E-state index in [1.165, 1.54) is 23.9 Å². The molecule has 0 radical (unpaired) electrons. The molecule has 1 atom stereocenters. The Bertz CT molecular complexity index is 414. The molecule has 0 aliphatic rings. The Hall–Kier alpha value is -1.07. The van der Waals surface area contributed by atoms with Crippen LogP contribution in [0.15, 0.2) is 29.2 Å². The molecule has 0 heterocycles. The fraction of sp³-hybridized carbons (Fsp3) is 0.462. The van der Waals surface area contributed by atoms with Gasteiger partial charge in [0.15, 0.2) is 0 Å². The van der Waals surface area contributed by atoms with E-state index in [2.05, 4.69) is 5.32 Å². The van der Waals surface area contributed by atoms with Gasteiger partial charge in [0.1, 0.15) is 11.4 Å². The van der Waals surface area contributed by atoms with Gasteiger partial charge in [-0.05, 0) is 38.1 Å². The molecule has 0 amide bonds. The van der Waals surface area contributed by atoms with Crippen LogP contribution in [0.4, 0.5) is 4.39 Å². The molecular weight excluding hydrogens is 253 g/mol. The number of carbonyl (C=O) groups is 1. The standard InChI is InChI=1S/C13H18FNO2S/c1-3-7-15-13(2,12(16)17)9-18-11-6-4-5-10(14)8-11/h4-6,8,15H,3,7,9H2,1-2H3,(H,16,17). The molecule has 0 bridgehead atoms. The number of halogens is 1. The van der Waals surface area contributed by atoms with Crippen LogP contribution in [0.2, 0.25) is 0 Å². The Balaban J connectivity index is 2.65. The Morgan fingerprint density at radius 1 is 1.56 bits per heavy atom. The van der Waals surface area contributed by atoms with Crippen LogP contribution in [0.25, 0.3) is 0 Å². The summed E-state index contributed by atoms with van der Waals surface area (Å²) in [5, 5.41) is 12.3. The third kappa shape index (κ3) is 4.31. The fourth-order valence-electron chi connectivity index (χ4n) is 1.37. The van der Waals surface area contributed by atoms with Gasteiger partial charge in [0.05, 0.1) is 0 Å². The predicted octanol–water partition coefficient (Wildman–Crippen LogP) is 2.76. The summed E-state index contributed by atoms with van der Waals surface area (Å²) < 4.78 is 13.0. The Labute approximate surface area is 111 Å². The number of hydrogen-bond donors (Lipinski definition) is 2. The molecular formula is C13H18FNO2S. The van der Waals surface area contributed by atoms with Crippen LogP contribution in [0, 0.1) is 5.82 Å². The molecule has 18 heavy (non-hydrogen) atoms. The molecule has 0 aliphatic carbocycles. The molecule has 1 aromatic carbocycles. The Morgan fingerprint density at radius 2 is 2.28 bits per heavy atom. The molecule has 1 aromatic rings. The molecule has 5 heteroatoms. The topological polar surface area (TPSA) is 49.3 Å². The van der Waals surface area contributed by atoms with Crippen molar-refractivity contribution in [3.8, 4) is 0 Å². The summed E-state index contributed by atoms with van der Waals surface area (Å²) in [7, 11) is 0. The second-order valence-electron chi connectivity index (χ2n) is 4.31. The largest absolute Gasteiger partial charge is 0.480 e. The molecule has 2 N–H and O–H groups in total. The number of thioether (sulfide) groups is 1. The average molecular weight is 271 g/mol. The summed E-state index contributed by atoms with van der Waals surface area (Å²) in [6.07, 6.45) is 0.869. The summed E-state index contributed by atoms with van der Waals surface area (Å²) in [6, 6.07) is 6.17. The van der Waals surface area contributed by atoms with E-state index in [4.69, 9.17) is 0 Å². The first-order valence-corrected chi connectivity index (χ1v) is 6.83. The lowest BCUT2D eigenvalue weighted by Crippen LogP contribution is -2.51. The van der Waals surface area contributed by atoms with E-state index >= 15 is 0 Å². The highest BCUT2D eigenvalue weighted by Crippen LogP contribution is 2.23. The van der Waals surface area contributed by atoms with Crippen molar-refractivity contribution in [2.45, 2.75) is 30.7 Å². The number of hydrogen-bond acceptors (Lipinski definition) is 3. The highest BCUT2D eigenvalue weighted by atomic mass is 32.2. The number of benzene rings is 1. The summed E-state index contributed by atoms with van der Waals surface area (Å²) >= 11 is 1.34. The zero-order valence-electron chi connectivity index (χ0n) is 10.6. The van der Waals surface area contributed by atoms with E-state index < -0.39 is 11.5 Å². The van der Waals surface area contributed by atoms with Gasteiger partial charge in [0.2, 0.25) is 0 Å². The lowest BCUT2D eigenvalue weighted by molar-refractivity contribution is -0.143. The van der Waals surface area contributed by atoms with E-state index in [-0.39, 0.29) is 5.82 Å². The molecule has 0 fully saturated rings. The molecule has 3 nitrogen and oxygen atoms in total. The monoisotopic (exact) mass is 271 g/mol. The average Bonchev–Trinajstić information content (AvgIpc) is 2.34. The second-order valence-corrected chi connectivity index (χ2v) is 5.36. The first-order chi connectivity index (χ1) is 8.48. The van der Waals surface area contributed by atoms with Gasteiger partial charge in [-0.25, -0.2) is 4.39 Å². The maximum Gasteiger partial charge on any atom is 0.324 e. The van der Waals surface area contributed by atoms with Gasteiger partial charge in [0.25, 0.3) is 0 Å². The van der Waals surface area contributed by atoms with E-state index in [0.29, 0.717) is 12.3 Å². The van der Waals surface area contributed by atoms with Crippen LogP contribution in [0.3, 0.4) is 0 Å². The van der Waals surface area contributed by atoms with Gasteiger partial charge in [-0.3, -0.25) is 4.79 Å². The van der Waals surface area contributed by atoms with Crippen molar-refractivity contribution >= 4 is 17.7 Å². The normalized spacial score (nSPS) is 14.2. The molecule has 100 valence electrons. The quantitative estimate of drug-likeness (QED) is 0.749. The van der Waals surface area contributed by atoms with E-state index in [1.807, 2.05) is 6.92 Å². The van der Waals surface area contributed by atoms with Gasteiger partial charge >= 0.3 is 5.97 Å².